The Labute approximate surface area is 179 Å². The molecular weight excluding hydrogens is 378 g/mol. The highest BCUT2D eigenvalue weighted by molar-refractivity contribution is 6.22. The van der Waals surface area contributed by atoms with E-state index in [-0.39, 0.29) is 29.6 Å². The molecule has 3 fully saturated rings. The third-order valence-electron chi connectivity index (χ3n) is 7.22. The second-order valence-electron chi connectivity index (χ2n) is 9.24. The third kappa shape index (κ3) is 4.17. The average Bonchev–Trinajstić information content (AvgIpc) is 3.41. The maximum Gasteiger partial charge on any atom is 0.311 e. The minimum Gasteiger partial charge on any atom is -0.426 e. The summed E-state index contributed by atoms with van der Waals surface area (Å²) in [5.74, 6) is 0.469. The van der Waals surface area contributed by atoms with E-state index >= 15 is 0 Å². The number of benzene rings is 1. The number of hydrogen-bond donors (Lipinski definition) is 0. The first kappa shape index (κ1) is 21.1. The van der Waals surface area contributed by atoms with Gasteiger partial charge in [-0.05, 0) is 49.7 Å². The van der Waals surface area contributed by atoms with Gasteiger partial charge in [-0.15, -0.1) is 0 Å². The molecule has 2 amide bonds. The quantitative estimate of drug-likeness (QED) is 0.228. The lowest BCUT2D eigenvalue weighted by atomic mass is 9.81. The first-order chi connectivity index (χ1) is 14.6. The van der Waals surface area contributed by atoms with E-state index in [9.17, 15) is 14.4 Å². The third-order valence-corrected chi connectivity index (χ3v) is 7.22. The van der Waals surface area contributed by atoms with Crippen molar-refractivity contribution in [3.05, 3.63) is 24.3 Å². The summed E-state index contributed by atoms with van der Waals surface area (Å²) >= 11 is 0. The summed E-state index contributed by atoms with van der Waals surface area (Å²) in [6.07, 6.45) is 11.6. The highest BCUT2D eigenvalue weighted by Crippen LogP contribution is 2.56. The van der Waals surface area contributed by atoms with Gasteiger partial charge in [-0.25, -0.2) is 4.90 Å². The van der Waals surface area contributed by atoms with E-state index in [1.54, 1.807) is 24.3 Å². The van der Waals surface area contributed by atoms with Gasteiger partial charge in [0.05, 0.1) is 17.5 Å². The van der Waals surface area contributed by atoms with Crippen molar-refractivity contribution in [3.63, 3.8) is 0 Å². The van der Waals surface area contributed by atoms with Crippen LogP contribution in [0.1, 0.15) is 77.6 Å². The Morgan fingerprint density at radius 3 is 2.27 bits per heavy atom. The summed E-state index contributed by atoms with van der Waals surface area (Å²) in [4.78, 5) is 39.5. The van der Waals surface area contributed by atoms with Crippen LogP contribution in [0, 0.1) is 23.7 Å². The van der Waals surface area contributed by atoms with Crippen molar-refractivity contribution in [2.45, 2.75) is 77.6 Å². The van der Waals surface area contributed by atoms with Crippen LogP contribution in [0.3, 0.4) is 0 Å². The smallest absolute Gasteiger partial charge is 0.311 e. The molecule has 0 N–H and O–H groups in total. The minimum absolute atomic E-state index is 0.0660. The van der Waals surface area contributed by atoms with Crippen LogP contribution in [0.15, 0.2) is 24.3 Å². The van der Waals surface area contributed by atoms with Gasteiger partial charge in [0.25, 0.3) is 0 Å². The van der Waals surface area contributed by atoms with E-state index in [0.29, 0.717) is 29.7 Å². The van der Waals surface area contributed by atoms with Crippen LogP contribution >= 0.6 is 0 Å². The van der Waals surface area contributed by atoms with E-state index in [2.05, 4.69) is 6.92 Å². The molecule has 30 heavy (non-hydrogen) atoms. The van der Waals surface area contributed by atoms with E-state index < -0.39 is 0 Å². The van der Waals surface area contributed by atoms with Crippen molar-refractivity contribution in [1.82, 2.24) is 0 Å². The number of unbranched alkanes of at least 4 members (excludes halogenated alkanes) is 6. The van der Waals surface area contributed by atoms with Gasteiger partial charge in [0.15, 0.2) is 0 Å². The first-order valence-corrected chi connectivity index (χ1v) is 11.8. The van der Waals surface area contributed by atoms with Gasteiger partial charge < -0.3 is 4.74 Å². The number of hydrogen-bond acceptors (Lipinski definition) is 4. The predicted octanol–water partition coefficient (Wildman–Crippen LogP) is 5.27. The molecule has 5 nitrogen and oxygen atoms in total. The lowest BCUT2D eigenvalue weighted by Gasteiger charge is -2.19. The van der Waals surface area contributed by atoms with Gasteiger partial charge in [-0.3, -0.25) is 14.4 Å². The highest BCUT2D eigenvalue weighted by atomic mass is 16.5. The zero-order valence-corrected chi connectivity index (χ0v) is 18.0. The number of carbonyl (C=O) groups is 3. The molecule has 5 heteroatoms. The second kappa shape index (κ2) is 9.32. The Balaban J connectivity index is 1.31. The Kier molecular flexibility index (Phi) is 6.55. The van der Waals surface area contributed by atoms with Gasteiger partial charge in [0.1, 0.15) is 5.75 Å². The van der Waals surface area contributed by atoms with Gasteiger partial charge in [0.2, 0.25) is 11.8 Å². The van der Waals surface area contributed by atoms with Crippen molar-refractivity contribution < 1.29 is 19.1 Å². The molecule has 0 radical (unpaired) electrons. The van der Waals surface area contributed by atoms with Gasteiger partial charge >= 0.3 is 5.97 Å². The molecule has 1 heterocycles. The van der Waals surface area contributed by atoms with Crippen molar-refractivity contribution in [2.75, 3.05) is 4.90 Å². The van der Waals surface area contributed by atoms with Crippen LogP contribution in [0.4, 0.5) is 5.69 Å². The number of nitrogens with zero attached hydrogens (tertiary/aromatic N) is 1. The number of fused-ring (bicyclic) bond motifs is 5. The molecule has 1 saturated heterocycles. The number of ether oxygens (including phenoxy) is 1. The first-order valence-electron chi connectivity index (χ1n) is 11.8. The normalized spacial score (nSPS) is 27.0. The number of carbonyl (C=O) groups excluding carboxylic acids is 3. The molecule has 2 saturated carbocycles. The van der Waals surface area contributed by atoms with Crippen molar-refractivity contribution in [2.24, 2.45) is 23.7 Å². The maximum absolute atomic E-state index is 13.0. The Morgan fingerprint density at radius 1 is 0.967 bits per heavy atom. The molecular formula is C25H33NO4. The minimum atomic E-state index is -0.255. The van der Waals surface area contributed by atoms with Gasteiger partial charge in [0, 0.05) is 12.5 Å². The number of esters is 1. The number of rotatable bonds is 10. The molecule has 4 rings (SSSR count). The molecule has 0 unspecified atom stereocenters. The van der Waals surface area contributed by atoms with Crippen LogP contribution in [0.5, 0.6) is 5.75 Å². The lowest BCUT2D eigenvalue weighted by Crippen LogP contribution is -2.32. The Morgan fingerprint density at radius 2 is 1.60 bits per heavy atom. The van der Waals surface area contributed by atoms with E-state index in [4.69, 9.17) is 4.74 Å². The molecule has 1 aromatic carbocycles. The van der Waals surface area contributed by atoms with Crippen LogP contribution in [0.2, 0.25) is 0 Å². The summed E-state index contributed by atoms with van der Waals surface area (Å²) in [5, 5.41) is 0. The summed E-state index contributed by atoms with van der Waals surface area (Å²) in [6.45, 7) is 2.20. The topological polar surface area (TPSA) is 63.7 Å². The fraction of sp³-hybridized carbons (Fsp3) is 0.640. The summed E-state index contributed by atoms with van der Waals surface area (Å²) in [7, 11) is 0. The van der Waals surface area contributed by atoms with Gasteiger partial charge in [-0.1, -0.05) is 51.5 Å². The van der Waals surface area contributed by atoms with Crippen LogP contribution in [0.25, 0.3) is 0 Å². The highest BCUT2D eigenvalue weighted by Gasteiger charge is 2.61. The Bertz CT molecular complexity index is 776. The molecule has 0 spiro atoms. The second-order valence-corrected chi connectivity index (χ2v) is 9.24. The zero-order chi connectivity index (χ0) is 21.1. The number of anilines is 1. The van der Waals surface area contributed by atoms with E-state index in [0.717, 1.165) is 38.5 Å². The van der Waals surface area contributed by atoms with E-state index in [1.807, 2.05) is 0 Å². The Hall–Kier alpha value is -2.17. The molecule has 2 aliphatic carbocycles. The van der Waals surface area contributed by atoms with Crippen LogP contribution < -0.4 is 9.64 Å². The predicted molar refractivity (Wildman–Crippen MR) is 115 cm³/mol. The SMILES string of the molecule is CCCCCCCCCC(=O)Oc1cccc(N2C(=O)[C@@H]3[C@H]4CC[C@@H](C4)[C@@H]3C2=O)c1. The summed E-state index contributed by atoms with van der Waals surface area (Å²) in [5.41, 5.74) is 0.528. The molecule has 162 valence electrons. The fourth-order valence-corrected chi connectivity index (χ4v) is 5.76. The standard InChI is InChI=1S/C25H33NO4/c1-2-3-4-5-6-7-8-12-21(27)30-20-11-9-10-19(16-20)26-24(28)22-17-13-14-18(15-17)23(22)25(26)29/h9-11,16-18,22-23H,2-8,12-15H2,1H3/t17-,18-,22-,23+/m0/s1. The molecule has 3 aliphatic rings. The van der Waals surface area contributed by atoms with Crippen LogP contribution in [-0.4, -0.2) is 17.8 Å². The molecule has 1 aromatic rings. The lowest BCUT2D eigenvalue weighted by molar-refractivity contribution is -0.134. The van der Waals surface area contributed by atoms with Crippen LogP contribution in [-0.2, 0) is 14.4 Å². The average molecular weight is 412 g/mol. The van der Waals surface area contributed by atoms with Crippen molar-refractivity contribution in [3.8, 4) is 5.75 Å². The summed E-state index contributed by atoms with van der Waals surface area (Å²) < 4.78 is 5.49. The summed E-state index contributed by atoms with van der Waals surface area (Å²) in [6, 6.07) is 6.87. The molecule has 4 atom stereocenters. The molecule has 2 bridgehead atoms. The fourth-order valence-electron chi connectivity index (χ4n) is 5.76. The number of imide groups is 1. The van der Waals surface area contributed by atoms with Crippen molar-refractivity contribution in [1.29, 1.82) is 0 Å². The monoisotopic (exact) mass is 411 g/mol. The van der Waals surface area contributed by atoms with Gasteiger partial charge in [-0.2, -0.15) is 0 Å². The van der Waals surface area contributed by atoms with Crippen molar-refractivity contribution >= 4 is 23.5 Å². The van der Waals surface area contributed by atoms with E-state index in [1.165, 1.54) is 30.6 Å². The maximum atomic E-state index is 13.0. The molecule has 0 aromatic heterocycles. The number of amides is 2. The largest absolute Gasteiger partial charge is 0.426 e. The zero-order valence-electron chi connectivity index (χ0n) is 18.0. The molecule has 1 aliphatic heterocycles.